The molecular weight excluding hydrogens is 336 g/mol. The third kappa shape index (κ3) is 4.20. The number of carbonyl (C=O) groups excluding carboxylic acids is 2. The van der Waals surface area contributed by atoms with Crippen LogP contribution in [0.15, 0.2) is 28.7 Å². The Morgan fingerprint density at radius 3 is 2.62 bits per heavy atom. The number of urea groups is 1. The first-order valence-electron chi connectivity index (χ1n) is 7.09. The molecule has 0 aliphatic carbocycles. The molecule has 114 valence electrons. The second kappa shape index (κ2) is 7.45. The number of hydrogen-bond donors (Lipinski definition) is 1. The van der Waals surface area contributed by atoms with Crippen LogP contribution in [0.2, 0.25) is 0 Å². The van der Waals surface area contributed by atoms with Crippen molar-refractivity contribution in [3.05, 3.63) is 28.7 Å². The molecule has 1 aromatic carbocycles. The Kier molecular flexibility index (Phi) is 5.61. The Hall–Kier alpha value is -1.56. The van der Waals surface area contributed by atoms with Gasteiger partial charge in [-0.3, -0.25) is 4.79 Å². The zero-order valence-electron chi connectivity index (χ0n) is 12.0. The van der Waals surface area contributed by atoms with E-state index in [0.717, 1.165) is 10.2 Å². The molecular formula is C15H19BrN2O3. The summed E-state index contributed by atoms with van der Waals surface area (Å²) in [6, 6.07) is 7.35. The summed E-state index contributed by atoms with van der Waals surface area (Å²) in [5.41, 5.74) is 0.745. The fourth-order valence-corrected chi connectivity index (χ4v) is 2.72. The van der Waals surface area contributed by atoms with Crippen LogP contribution in [-0.2, 0) is 9.53 Å². The molecule has 6 heteroatoms. The van der Waals surface area contributed by atoms with Gasteiger partial charge < -0.3 is 15.0 Å². The predicted molar refractivity (Wildman–Crippen MR) is 84.1 cm³/mol. The largest absolute Gasteiger partial charge is 0.466 e. The fraction of sp³-hybridized carbons (Fsp3) is 0.467. The minimum absolute atomic E-state index is 0.0857. The molecule has 0 bridgehead atoms. The lowest BCUT2D eigenvalue weighted by molar-refractivity contribution is -0.149. The van der Waals surface area contributed by atoms with Crippen LogP contribution in [0.1, 0.15) is 19.8 Å². The summed E-state index contributed by atoms with van der Waals surface area (Å²) in [6.07, 6.45) is 1.31. The number of carbonyl (C=O) groups is 2. The maximum absolute atomic E-state index is 12.2. The molecule has 2 amide bonds. The number of esters is 1. The summed E-state index contributed by atoms with van der Waals surface area (Å²) in [6.45, 7) is 3.35. The van der Waals surface area contributed by atoms with Gasteiger partial charge in [-0.05, 0) is 47.8 Å². The van der Waals surface area contributed by atoms with E-state index in [9.17, 15) is 9.59 Å². The molecule has 1 saturated heterocycles. The standard InChI is InChI=1S/C15H19BrN2O3/c1-2-21-14(19)11-7-9-18(10-8-11)15(20)17-13-6-4-3-5-12(13)16/h3-6,11H,2,7-10H2,1H3,(H,17,20). The van der Waals surface area contributed by atoms with Gasteiger partial charge in [-0.25, -0.2) is 4.79 Å². The summed E-state index contributed by atoms with van der Waals surface area (Å²) < 4.78 is 5.87. The molecule has 2 rings (SSSR count). The van der Waals surface area contributed by atoms with Crippen LogP contribution in [0.4, 0.5) is 10.5 Å². The van der Waals surface area contributed by atoms with Crippen LogP contribution in [-0.4, -0.2) is 36.6 Å². The molecule has 1 N–H and O–H groups in total. The first-order chi connectivity index (χ1) is 10.1. The van der Waals surface area contributed by atoms with Crippen molar-refractivity contribution < 1.29 is 14.3 Å². The van der Waals surface area contributed by atoms with Gasteiger partial charge in [0.15, 0.2) is 0 Å². The molecule has 1 aromatic rings. The average Bonchev–Trinajstić information content (AvgIpc) is 2.50. The van der Waals surface area contributed by atoms with Crippen LogP contribution in [0.3, 0.4) is 0 Å². The predicted octanol–water partition coefficient (Wildman–Crippen LogP) is 3.26. The third-order valence-electron chi connectivity index (χ3n) is 3.52. The van der Waals surface area contributed by atoms with E-state index < -0.39 is 0 Å². The number of nitrogens with zero attached hydrogens (tertiary/aromatic N) is 1. The lowest BCUT2D eigenvalue weighted by atomic mass is 9.97. The molecule has 0 unspecified atom stereocenters. The number of hydrogen-bond acceptors (Lipinski definition) is 3. The Morgan fingerprint density at radius 1 is 1.33 bits per heavy atom. The van der Waals surface area contributed by atoms with Gasteiger partial charge in [0.2, 0.25) is 0 Å². The number of benzene rings is 1. The molecule has 5 nitrogen and oxygen atoms in total. The number of anilines is 1. The van der Waals surface area contributed by atoms with E-state index in [1.807, 2.05) is 24.3 Å². The van der Waals surface area contributed by atoms with Crippen molar-refractivity contribution in [3.63, 3.8) is 0 Å². The van der Waals surface area contributed by atoms with Gasteiger partial charge in [0.1, 0.15) is 0 Å². The van der Waals surface area contributed by atoms with Gasteiger partial charge in [0, 0.05) is 17.6 Å². The van der Waals surface area contributed by atoms with Crippen molar-refractivity contribution >= 4 is 33.6 Å². The number of amides is 2. The van der Waals surface area contributed by atoms with E-state index in [-0.39, 0.29) is 17.9 Å². The molecule has 0 atom stereocenters. The van der Waals surface area contributed by atoms with Crippen LogP contribution in [0.25, 0.3) is 0 Å². The average molecular weight is 355 g/mol. The van der Waals surface area contributed by atoms with E-state index in [4.69, 9.17) is 4.74 Å². The third-order valence-corrected chi connectivity index (χ3v) is 4.21. The summed E-state index contributed by atoms with van der Waals surface area (Å²) in [4.78, 5) is 25.6. The maximum Gasteiger partial charge on any atom is 0.321 e. The van der Waals surface area contributed by atoms with Gasteiger partial charge in [-0.2, -0.15) is 0 Å². The van der Waals surface area contributed by atoms with Crippen LogP contribution in [0, 0.1) is 5.92 Å². The van der Waals surface area contributed by atoms with Crippen LogP contribution < -0.4 is 5.32 Å². The van der Waals surface area contributed by atoms with Gasteiger partial charge in [-0.15, -0.1) is 0 Å². The minimum atomic E-state index is -0.150. The smallest absolute Gasteiger partial charge is 0.321 e. The van der Waals surface area contributed by atoms with E-state index in [0.29, 0.717) is 32.5 Å². The van der Waals surface area contributed by atoms with Crippen molar-refractivity contribution in [3.8, 4) is 0 Å². The number of ether oxygens (including phenoxy) is 1. The highest BCUT2D eigenvalue weighted by Gasteiger charge is 2.28. The van der Waals surface area contributed by atoms with E-state index in [1.54, 1.807) is 11.8 Å². The van der Waals surface area contributed by atoms with Crippen molar-refractivity contribution in [2.45, 2.75) is 19.8 Å². The van der Waals surface area contributed by atoms with Crippen molar-refractivity contribution in [1.29, 1.82) is 0 Å². The summed E-state index contributed by atoms with van der Waals surface area (Å²) in [7, 11) is 0. The Bertz CT molecular complexity index is 513. The van der Waals surface area contributed by atoms with Crippen LogP contribution >= 0.6 is 15.9 Å². The molecule has 0 spiro atoms. The number of nitrogens with one attached hydrogen (secondary N) is 1. The molecule has 1 aliphatic heterocycles. The number of rotatable bonds is 3. The van der Waals surface area contributed by atoms with Crippen molar-refractivity contribution in [2.75, 3.05) is 25.0 Å². The SMILES string of the molecule is CCOC(=O)C1CCN(C(=O)Nc2ccccc2Br)CC1. The minimum Gasteiger partial charge on any atom is -0.466 e. The molecule has 0 aromatic heterocycles. The highest BCUT2D eigenvalue weighted by Crippen LogP contribution is 2.23. The number of likely N-dealkylation sites (tertiary alicyclic amines) is 1. The fourth-order valence-electron chi connectivity index (χ4n) is 2.34. The normalized spacial score (nSPS) is 15.6. The van der Waals surface area contributed by atoms with Gasteiger partial charge in [0.25, 0.3) is 0 Å². The van der Waals surface area contributed by atoms with E-state index >= 15 is 0 Å². The lowest BCUT2D eigenvalue weighted by Crippen LogP contribution is -2.42. The second-order valence-corrected chi connectivity index (χ2v) is 5.78. The van der Waals surface area contributed by atoms with Crippen LogP contribution in [0.5, 0.6) is 0 Å². The molecule has 0 radical (unpaired) electrons. The molecule has 0 saturated carbocycles. The molecule has 1 heterocycles. The highest BCUT2D eigenvalue weighted by molar-refractivity contribution is 9.10. The Balaban J connectivity index is 1.86. The Labute approximate surface area is 132 Å². The molecule has 1 aliphatic rings. The molecule has 21 heavy (non-hydrogen) atoms. The summed E-state index contributed by atoms with van der Waals surface area (Å²) in [5.74, 6) is -0.235. The van der Waals surface area contributed by atoms with E-state index in [1.165, 1.54) is 0 Å². The van der Waals surface area contributed by atoms with Gasteiger partial charge >= 0.3 is 12.0 Å². The maximum atomic E-state index is 12.2. The zero-order valence-corrected chi connectivity index (χ0v) is 13.6. The number of para-hydroxylation sites is 1. The number of piperidine rings is 1. The lowest BCUT2D eigenvalue weighted by Gasteiger charge is -2.31. The second-order valence-electron chi connectivity index (χ2n) is 4.92. The quantitative estimate of drug-likeness (QED) is 0.847. The number of halogens is 1. The first kappa shape index (κ1) is 15.8. The molecule has 1 fully saturated rings. The van der Waals surface area contributed by atoms with E-state index in [2.05, 4.69) is 21.2 Å². The van der Waals surface area contributed by atoms with Crippen molar-refractivity contribution in [1.82, 2.24) is 4.90 Å². The van der Waals surface area contributed by atoms with Crippen molar-refractivity contribution in [2.24, 2.45) is 5.92 Å². The highest BCUT2D eigenvalue weighted by atomic mass is 79.9. The first-order valence-corrected chi connectivity index (χ1v) is 7.88. The topological polar surface area (TPSA) is 58.6 Å². The summed E-state index contributed by atoms with van der Waals surface area (Å²) in [5, 5.41) is 2.87. The zero-order chi connectivity index (χ0) is 15.2. The Morgan fingerprint density at radius 2 is 2.00 bits per heavy atom. The monoisotopic (exact) mass is 354 g/mol. The summed E-state index contributed by atoms with van der Waals surface area (Å²) >= 11 is 3.40. The van der Waals surface area contributed by atoms with Gasteiger partial charge in [-0.1, -0.05) is 12.1 Å². The van der Waals surface area contributed by atoms with Gasteiger partial charge in [0.05, 0.1) is 18.2 Å².